The highest BCUT2D eigenvalue weighted by Crippen LogP contribution is 2.23. The molecule has 0 radical (unpaired) electrons. The van der Waals surface area contributed by atoms with Crippen molar-refractivity contribution in [3.05, 3.63) is 6.20 Å². The second kappa shape index (κ2) is 5.27. The van der Waals surface area contributed by atoms with E-state index in [0.717, 1.165) is 12.8 Å². The van der Waals surface area contributed by atoms with E-state index in [2.05, 4.69) is 9.82 Å². The highest BCUT2D eigenvalue weighted by Gasteiger charge is 2.22. The van der Waals surface area contributed by atoms with Crippen molar-refractivity contribution in [3.8, 4) is 0 Å². The van der Waals surface area contributed by atoms with Crippen LogP contribution < -0.4 is 10.5 Å². The van der Waals surface area contributed by atoms with Crippen molar-refractivity contribution in [1.29, 1.82) is 0 Å². The quantitative estimate of drug-likeness (QED) is 0.850. The van der Waals surface area contributed by atoms with Crippen LogP contribution in [0.5, 0.6) is 0 Å². The van der Waals surface area contributed by atoms with Gasteiger partial charge in [0.25, 0.3) is 0 Å². The average molecular weight is 272 g/mol. The molecule has 1 saturated carbocycles. The predicted molar refractivity (Wildman–Crippen MR) is 69.4 cm³/mol. The number of nitrogens with zero attached hydrogens (tertiary/aromatic N) is 2. The topological polar surface area (TPSA) is 90.0 Å². The largest absolute Gasteiger partial charge is 0.381 e. The van der Waals surface area contributed by atoms with Crippen LogP contribution in [0.3, 0.4) is 0 Å². The first-order valence-corrected chi connectivity index (χ1v) is 7.76. The van der Waals surface area contributed by atoms with Gasteiger partial charge < -0.3 is 5.73 Å². The first kappa shape index (κ1) is 13.4. The number of sulfonamides is 1. The van der Waals surface area contributed by atoms with Gasteiger partial charge in [0.1, 0.15) is 4.90 Å². The van der Waals surface area contributed by atoms with Gasteiger partial charge in [0.2, 0.25) is 10.0 Å². The molecule has 1 aromatic heterocycles. The molecule has 0 bridgehead atoms. The summed E-state index contributed by atoms with van der Waals surface area (Å²) in [5.74, 6) is 0.500. The minimum Gasteiger partial charge on any atom is -0.381 e. The van der Waals surface area contributed by atoms with Crippen LogP contribution in [0.4, 0.5) is 5.82 Å². The molecule has 0 saturated heterocycles. The minimum absolute atomic E-state index is 0.0497. The van der Waals surface area contributed by atoms with Gasteiger partial charge >= 0.3 is 0 Å². The molecule has 0 atom stereocenters. The van der Waals surface area contributed by atoms with E-state index in [1.54, 1.807) is 7.05 Å². The van der Waals surface area contributed by atoms with Crippen molar-refractivity contribution < 1.29 is 8.42 Å². The zero-order chi connectivity index (χ0) is 13.2. The Morgan fingerprint density at radius 3 is 2.67 bits per heavy atom. The van der Waals surface area contributed by atoms with E-state index in [4.69, 9.17) is 5.73 Å². The van der Waals surface area contributed by atoms with Crippen LogP contribution in [0.25, 0.3) is 0 Å². The number of aryl methyl sites for hydroxylation is 1. The fourth-order valence-corrected chi connectivity index (χ4v) is 3.61. The molecule has 0 spiro atoms. The molecular weight excluding hydrogens is 252 g/mol. The predicted octanol–water partition coefficient (Wildman–Crippen LogP) is 0.861. The summed E-state index contributed by atoms with van der Waals surface area (Å²) in [6.07, 6.45) is 7.29. The monoisotopic (exact) mass is 272 g/mol. The van der Waals surface area contributed by atoms with Crippen LogP contribution in [0, 0.1) is 5.92 Å². The molecule has 0 aromatic carbocycles. The molecule has 1 fully saturated rings. The Morgan fingerprint density at radius 1 is 1.44 bits per heavy atom. The molecule has 1 aliphatic rings. The lowest BCUT2D eigenvalue weighted by molar-refractivity contribution is 0.357. The molecule has 3 N–H and O–H groups in total. The van der Waals surface area contributed by atoms with Crippen LogP contribution in [0.15, 0.2) is 11.1 Å². The van der Waals surface area contributed by atoms with Gasteiger partial charge in [-0.15, -0.1) is 0 Å². The Morgan fingerprint density at radius 2 is 2.11 bits per heavy atom. The summed E-state index contributed by atoms with van der Waals surface area (Å²) in [5, 5.41) is 3.85. The van der Waals surface area contributed by atoms with Crippen molar-refractivity contribution in [1.82, 2.24) is 14.5 Å². The third-order valence-corrected chi connectivity index (χ3v) is 4.84. The van der Waals surface area contributed by atoms with Crippen LogP contribution in [0.1, 0.15) is 32.1 Å². The summed E-state index contributed by atoms with van der Waals surface area (Å²) in [7, 11) is -1.88. The number of rotatable bonds is 4. The molecule has 0 amide bonds. The Labute approximate surface area is 108 Å². The highest BCUT2D eigenvalue weighted by atomic mass is 32.2. The Bertz CT molecular complexity index is 503. The lowest BCUT2D eigenvalue weighted by Gasteiger charge is -2.21. The maximum Gasteiger partial charge on any atom is 0.245 e. The maximum atomic E-state index is 12.1. The van der Waals surface area contributed by atoms with E-state index < -0.39 is 10.0 Å². The third-order valence-electron chi connectivity index (χ3n) is 3.40. The molecule has 6 nitrogen and oxygen atoms in total. The number of nitrogens with two attached hydrogens (primary N) is 1. The van der Waals surface area contributed by atoms with Crippen molar-refractivity contribution in [2.75, 3.05) is 12.3 Å². The molecule has 0 unspecified atom stereocenters. The van der Waals surface area contributed by atoms with Crippen molar-refractivity contribution in [3.63, 3.8) is 0 Å². The lowest BCUT2D eigenvalue weighted by Crippen LogP contribution is -2.30. The Hall–Kier alpha value is -1.08. The molecule has 1 aliphatic carbocycles. The summed E-state index contributed by atoms with van der Waals surface area (Å²) in [6.45, 7) is 0.497. The number of hydrogen-bond acceptors (Lipinski definition) is 4. The number of anilines is 1. The molecular formula is C11H20N4O2S. The van der Waals surface area contributed by atoms with Crippen molar-refractivity contribution in [2.24, 2.45) is 13.0 Å². The first-order valence-electron chi connectivity index (χ1n) is 6.28. The fraction of sp³-hybridized carbons (Fsp3) is 0.727. The minimum atomic E-state index is -3.53. The van der Waals surface area contributed by atoms with Crippen LogP contribution in [0.2, 0.25) is 0 Å². The molecule has 7 heteroatoms. The molecule has 1 heterocycles. The molecule has 1 aromatic rings. The summed E-state index contributed by atoms with van der Waals surface area (Å²) in [6, 6.07) is 0. The SMILES string of the molecule is Cn1cc(S(=O)(=O)NCC2CCCCC2)c(N)n1. The Balaban J connectivity index is 2.01. The fourth-order valence-electron chi connectivity index (χ4n) is 2.39. The second-order valence-corrected chi connectivity index (χ2v) is 6.64. The van der Waals surface area contributed by atoms with E-state index in [0.29, 0.717) is 12.5 Å². The molecule has 18 heavy (non-hydrogen) atoms. The lowest BCUT2D eigenvalue weighted by atomic mass is 9.90. The van der Waals surface area contributed by atoms with Gasteiger partial charge in [-0.2, -0.15) is 5.10 Å². The zero-order valence-corrected chi connectivity index (χ0v) is 11.4. The third kappa shape index (κ3) is 3.02. The van der Waals surface area contributed by atoms with Crippen LogP contribution in [-0.2, 0) is 17.1 Å². The van der Waals surface area contributed by atoms with Gasteiger partial charge in [0.15, 0.2) is 5.82 Å². The van der Waals surface area contributed by atoms with E-state index in [1.807, 2.05) is 0 Å². The van der Waals surface area contributed by atoms with Gasteiger partial charge in [-0.3, -0.25) is 4.68 Å². The van der Waals surface area contributed by atoms with Crippen LogP contribution >= 0.6 is 0 Å². The van der Waals surface area contributed by atoms with Crippen molar-refractivity contribution in [2.45, 2.75) is 37.0 Å². The van der Waals surface area contributed by atoms with Gasteiger partial charge in [-0.25, -0.2) is 13.1 Å². The molecule has 102 valence electrons. The highest BCUT2D eigenvalue weighted by molar-refractivity contribution is 7.89. The van der Waals surface area contributed by atoms with Gasteiger partial charge in [-0.05, 0) is 18.8 Å². The van der Waals surface area contributed by atoms with E-state index in [1.165, 1.54) is 30.1 Å². The zero-order valence-electron chi connectivity index (χ0n) is 10.6. The van der Waals surface area contributed by atoms with Crippen molar-refractivity contribution >= 4 is 15.8 Å². The van der Waals surface area contributed by atoms with Gasteiger partial charge in [-0.1, -0.05) is 19.3 Å². The average Bonchev–Trinajstić information content (AvgIpc) is 2.68. The maximum absolute atomic E-state index is 12.1. The first-order chi connectivity index (χ1) is 8.49. The molecule has 0 aliphatic heterocycles. The molecule has 2 rings (SSSR count). The number of aromatic nitrogens is 2. The van der Waals surface area contributed by atoms with Gasteiger partial charge in [0, 0.05) is 19.8 Å². The van der Waals surface area contributed by atoms with Gasteiger partial charge in [0.05, 0.1) is 0 Å². The van der Waals surface area contributed by atoms with E-state index >= 15 is 0 Å². The smallest absolute Gasteiger partial charge is 0.245 e. The normalized spacial score (nSPS) is 18.1. The van der Waals surface area contributed by atoms with E-state index in [9.17, 15) is 8.42 Å². The number of nitrogens with one attached hydrogen (secondary N) is 1. The summed E-state index contributed by atoms with van der Waals surface area (Å²) < 4.78 is 28.2. The summed E-state index contributed by atoms with van der Waals surface area (Å²) in [4.78, 5) is 0.0702. The number of nitrogen functional groups attached to an aromatic ring is 1. The van der Waals surface area contributed by atoms with Crippen LogP contribution in [-0.4, -0.2) is 24.7 Å². The Kier molecular flexibility index (Phi) is 3.91. The van der Waals surface area contributed by atoms with E-state index in [-0.39, 0.29) is 10.7 Å². The number of hydrogen-bond donors (Lipinski definition) is 2. The standard InChI is InChI=1S/C11H20N4O2S/c1-15-8-10(11(12)14-15)18(16,17)13-7-9-5-3-2-4-6-9/h8-9,13H,2-7H2,1H3,(H2,12,14). The summed E-state index contributed by atoms with van der Waals surface area (Å²) >= 11 is 0. The summed E-state index contributed by atoms with van der Waals surface area (Å²) in [5.41, 5.74) is 5.59. The second-order valence-electron chi connectivity index (χ2n) is 4.91.